The summed E-state index contributed by atoms with van der Waals surface area (Å²) in [6.07, 6.45) is -4.40. The van der Waals surface area contributed by atoms with Crippen LogP contribution in [-0.2, 0) is 16.0 Å². The van der Waals surface area contributed by atoms with Crippen molar-refractivity contribution >= 4 is 17.4 Å². The molecule has 2 aromatic carbocycles. The molecule has 7 nitrogen and oxygen atoms in total. The molecule has 0 radical (unpaired) electrons. The zero-order valence-corrected chi connectivity index (χ0v) is 20.7. The fraction of sp³-hybridized carbons (Fsp3) is 0.360. The van der Waals surface area contributed by atoms with Gasteiger partial charge in [-0.25, -0.2) is 9.78 Å². The number of halogens is 4. The lowest BCUT2D eigenvalue weighted by Crippen LogP contribution is -2.51. The average Bonchev–Trinajstić information content (AvgIpc) is 2.85. The maximum absolute atomic E-state index is 13.3. The quantitative estimate of drug-likeness (QED) is 0.382. The van der Waals surface area contributed by atoms with Crippen LogP contribution in [0, 0.1) is 0 Å². The van der Waals surface area contributed by atoms with Crippen molar-refractivity contribution in [1.29, 1.82) is 0 Å². The van der Waals surface area contributed by atoms with Gasteiger partial charge in [-0.1, -0.05) is 24.6 Å². The van der Waals surface area contributed by atoms with Crippen LogP contribution in [0.15, 0.2) is 47.3 Å². The molecule has 1 N–H and O–H groups in total. The lowest BCUT2D eigenvalue weighted by atomic mass is 9.94. The Balaban J connectivity index is 1.87. The number of aromatic amines is 1. The number of benzene rings is 2. The Bertz CT molecular complexity index is 1280. The second-order valence-electron chi connectivity index (χ2n) is 8.17. The topological polar surface area (TPSA) is 94.2 Å². The highest BCUT2D eigenvalue weighted by atomic mass is 35.5. The van der Waals surface area contributed by atoms with E-state index in [4.69, 9.17) is 16.3 Å². The molecule has 1 aromatic heterocycles. The van der Waals surface area contributed by atoms with Crippen molar-refractivity contribution < 1.29 is 27.4 Å². The lowest BCUT2D eigenvalue weighted by molar-refractivity contribution is -0.252. The van der Waals surface area contributed by atoms with Crippen molar-refractivity contribution in [2.75, 3.05) is 13.7 Å². The van der Waals surface area contributed by atoms with Crippen molar-refractivity contribution in [3.8, 4) is 28.5 Å². The number of hydrogen-bond acceptors (Lipinski definition) is 6. The Morgan fingerprint density at radius 1 is 1.11 bits per heavy atom. The van der Waals surface area contributed by atoms with Gasteiger partial charge in [0.15, 0.2) is 11.6 Å². The fourth-order valence-electron chi connectivity index (χ4n) is 3.35. The number of ketones is 1. The highest BCUT2D eigenvalue weighted by molar-refractivity contribution is 6.33. The number of H-pyrrole nitrogens is 1. The van der Waals surface area contributed by atoms with E-state index in [0.717, 1.165) is 13.5 Å². The third-order valence-corrected chi connectivity index (χ3v) is 5.97. The SMILES string of the molecule is CCCOc1ccc(-c2nc(-c3cc(CCC(=O)[C@@](C)(OC)C(F)(F)F)ccc3Cl)[nH]c(=O)n2)cc1. The number of nitrogens with zero attached hydrogens (tertiary/aromatic N) is 2. The van der Waals surface area contributed by atoms with Crippen LogP contribution < -0.4 is 10.4 Å². The standard InChI is InChI=1S/C25H25ClF3N3O4/c1-4-13-36-17-9-7-16(8-10-17)21-30-22(32-23(34)31-21)18-14-15(5-11-19(18)26)6-12-20(33)24(2,35-3)25(27,28)29/h5,7-11,14H,4,6,12-13H2,1-3H3,(H,30,31,32,34)/t24-/m1/s1. The number of alkyl halides is 3. The number of Topliss-reactive ketones (excluding diaryl/α,β-unsaturated/α-hetero) is 1. The first-order chi connectivity index (χ1) is 17.0. The highest BCUT2D eigenvalue weighted by Crippen LogP contribution is 2.35. The largest absolute Gasteiger partial charge is 0.494 e. The van der Waals surface area contributed by atoms with Gasteiger partial charge in [0.25, 0.3) is 0 Å². The van der Waals surface area contributed by atoms with E-state index in [0.29, 0.717) is 36.0 Å². The molecule has 3 aromatic rings. The maximum Gasteiger partial charge on any atom is 0.424 e. The molecule has 0 unspecified atom stereocenters. The molecule has 192 valence electrons. The van der Waals surface area contributed by atoms with Crippen LogP contribution in [0.4, 0.5) is 13.2 Å². The van der Waals surface area contributed by atoms with Gasteiger partial charge < -0.3 is 9.47 Å². The summed E-state index contributed by atoms with van der Waals surface area (Å²) in [6, 6.07) is 11.6. The molecule has 3 rings (SSSR count). The van der Waals surface area contributed by atoms with Crippen LogP contribution in [0.2, 0.25) is 5.02 Å². The number of rotatable bonds is 10. The average molecular weight is 524 g/mol. The van der Waals surface area contributed by atoms with Crippen molar-refractivity contribution in [1.82, 2.24) is 15.0 Å². The monoisotopic (exact) mass is 523 g/mol. The van der Waals surface area contributed by atoms with Crippen LogP contribution >= 0.6 is 11.6 Å². The molecule has 11 heteroatoms. The van der Waals surface area contributed by atoms with Gasteiger partial charge in [-0.05, 0) is 61.7 Å². The minimum atomic E-state index is -4.85. The highest BCUT2D eigenvalue weighted by Gasteiger charge is 2.56. The van der Waals surface area contributed by atoms with Crippen LogP contribution in [0.3, 0.4) is 0 Å². The summed E-state index contributed by atoms with van der Waals surface area (Å²) >= 11 is 6.33. The van der Waals surface area contributed by atoms with Crippen molar-refractivity contribution in [3.05, 3.63) is 63.5 Å². The summed E-state index contributed by atoms with van der Waals surface area (Å²) in [5.74, 6) is -0.135. The van der Waals surface area contributed by atoms with Gasteiger partial charge in [-0.2, -0.15) is 18.2 Å². The smallest absolute Gasteiger partial charge is 0.424 e. The molecular weight excluding hydrogens is 499 g/mol. The van der Waals surface area contributed by atoms with Crippen molar-refractivity contribution in [2.45, 2.75) is 44.9 Å². The molecule has 0 saturated carbocycles. The first-order valence-electron chi connectivity index (χ1n) is 11.1. The van der Waals surface area contributed by atoms with Crippen LogP contribution in [-0.4, -0.2) is 46.2 Å². The van der Waals surface area contributed by atoms with E-state index in [1.165, 1.54) is 6.07 Å². The lowest BCUT2D eigenvalue weighted by Gasteiger charge is -2.29. The summed E-state index contributed by atoms with van der Waals surface area (Å²) in [5, 5.41) is 0.255. The molecule has 36 heavy (non-hydrogen) atoms. The number of nitrogens with one attached hydrogen (secondary N) is 1. The molecule has 0 aliphatic rings. The predicted octanol–water partition coefficient (Wildman–Crippen LogP) is 5.41. The van der Waals surface area contributed by atoms with E-state index in [9.17, 15) is 22.8 Å². The first-order valence-corrected chi connectivity index (χ1v) is 11.5. The summed E-state index contributed by atoms with van der Waals surface area (Å²) in [6.45, 7) is 3.28. The minimum Gasteiger partial charge on any atom is -0.494 e. The summed E-state index contributed by atoms with van der Waals surface area (Å²) in [7, 11) is 0.848. The van der Waals surface area contributed by atoms with Gasteiger partial charge in [0.05, 0.1) is 11.6 Å². The zero-order chi connectivity index (χ0) is 26.5. The van der Waals surface area contributed by atoms with Crippen LogP contribution in [0.5, 0.6) is 5.75 Å². The summed E-state index contributed by atoms with van der Waals surface area (Å²) in [5.41, 5.74) is -2.10. The number of hydrogen-bond donors (Lipinski definition) is 1. The van der Waals surface area contributed by atoms with Gasteiger partial charge in [-0.3, -0.25) is 9.78 Å². The van der Waals surface area contributed by atoms with Crippen LogP contribution in [0.1, 0.15) is 32.3 Å². The number of ether oxygens (including phenoxy) is 2. The fourth-order valence-corrected chi connectivity index (χ4v) is 3.56. The van der Waals surface area contributed by atoms with E-state index in [1.54, 1.807) is 36.4 Å². The van der Waals surface area contributed by atoms with E-state index < -0.39 is 29.7 Å². The Morgan fingerprint density at radius 2 is 1.81 bits per heavy atom. The van der Waals surface area contributed by atoms with Crippen LogP contribution in [0.25, 0.3) is 22.8 Å². The van der Waals surface area contributed by atoms with Gasteiger partial charge in [0.1, 0.15) is 11.6 Å². The molecule has 0 spiro atoms. The molecule has 0 amide bonds. The van der Waals surface area contributed by atoms with E-state index in [-0.39, 0.29) is 23.1 Å². The third kappa shape index (κ3) is 6.11. The molecular formula is C25H25ClF3N3O4. The molecule has 0 aliphatic heterocycles. The number of methoxy groups -OCH3 is 1. The Kier molecular flexibility index (Phi) is 8.52. The van der Waals surface area contributed by atoms with Gasteiger partial charge in [0.2, 0.25) is 5.60 Å². The summed E-state index contributed by atoms with van der Waals surface area (Å²) in [4.78, 5) is 35.5. The second-order valence-corrected chi connectivity index (χ2v) is 8.58. The minimum absolute atomic E-state index is 0.000568. The number of carbonyl (C=O) groups excluding carboxylic acids is 1. The van der Waals surface area contributed by atoms with Crippen molar-refractivity contribution in [2.24, 2.45) is 0 Å². The first kappa shape index (κ1) is 27.3. The van der Waals surface area contributed by atoms with Gasteiger partial charge in [0, 0.05) is 24.7 Å². The summed E-state index contributed by atoms with van der Waals surface area (Å²) < 4.78 is 49.9. The molecule has 0 aliphatic carbocycles. The zero-order valence-electron chi connectivity index (χ0n) is 19.9. The van der Waals surface area contributed by atoms with Gasteiger partial charge in [-0.15, -0.1) is 0 Å². The maximum atomic E-state index is 13.3. The molecule has 1 heterocycles. The van der Waals surface area contributed by atoms with E-state index in [2.05, 4.69) is 19.7 Å². The number of carbonyl (C=O) groups is 1. The molecule has 0 bridgehead atoms. The molecule has 1 atom stereocenters. The van der Waals surface area contributed by atoms with E-state index in [1.807, 2.05) is 6.92 Å². The molecule has 0 saturated heterocycles. The predicted molar refractivity (Wildman–Crippen MR) is 129 cm³/mol. The Labute approximate surface area is 210 Å². The van der Waals surface area contributed by atoms with Crippen molar-refractivity contribution in [3.63, 3.8) is 0 Å². The Morgan fingerprint density at radius 3 is 2.42 bits per heavy atom. The number of aromatic nitrogens is 3. The van der Waals surface area contributed by atoms with Gasteiger partial charge >= 0.3 is 11.9 Å². The van der Waals surface area contributed by atoms with E-state index >= 15 is 0 Å². The molecule has 0 fully saturated rings. The normalized spacial score (nSPS) is 13.3. The third-order valence-electron chi connectivity index (χ3n) is 5.64. The second kappa shape index (κ2) is 11.2. The Hall–Kier alpha value is -3.24. The number of aryl methyl sites for hydroxylation is 1.